The molecule has 4 nitrogen and oxygen atoms in total. The second kappa shape index (κ2) is 8.86. The Balaban J connectivity index is 2.30. The van der Waals surface area contributed by atoms with Crippen molar-refractivity contribution in [3.8, 4) is 0 Å². The summed E-state index contributed by atoms with van der Waals surface area (Å²) in [7, 11) is 2.01. The largest absolute Gasteiger partial charge is 0.371 e. The van der Waals surface area contributed by atoms with Gasteiger partial charge in [-0.05, 0) is 33.7 Å². The Morgan fingerprint density at radius 2 is 1.76 bits per heavy atom. The van der Waals surface area contributed by atoms with Gasteiger partial charge in [0.25, 0.3) is 0 Å². The maximum absolute atomic E-state index is 5.94. The van der Waals surface area contributed by atoms with Crippen LogP contribution in [-0.4, -0.2) is 45.3 Å². The topological polar surface area (TPSA) is 39.7 Å². The van der Waals surface area contributed by atoms with Crippen LogP contribution in [0.25, 0.3) is 0 Å². The fraction of sp³-hybridized carbons (Fsp3) is 1.00. The van der Waals surface area contributed by atoms with Crippen molar-refractivity contribution >= 4 is 0 Å². The molecule has 1 aliphatic carbocycles. The molecule has 102 valence electrons. The molecule has 1 N–H and O–H groups in total. The van der Waals surface area contributed by atoms with Gasteiger partial charge in [-0.3, -0.25) is 0 Å². The lowest BCUT2D eigenvalue weighted by molar-refractivity contribution is -0.180. The number of ether oxygens (including phenoxy) is 3. The molecule has 0 amide bonds. The Kier molecular flexibility index (Phi) is 7.77. The summed E-state index contributed by atoms with van der Waals surface area (Å²) in [5, 5.41) is 3.34. The van der Waals surface area contributed by atoms with Crippen LogP contribution in [0.4, 0.5) is 0 Å². The van der Waals surface area contributed by atoms with Crippen molar-refractivity contribution in [1.82, 2.24) is 5.32 Å². The van der Waals surface area contributed by atoms with Gasteiger partial charge in [0.2, 0.25) is 0 Å². The summed E-state index contributed by atoms with van der Waals surface area (Å²) < 4.78 is 16.9. The second-order valence-corrected chi connectivity index (χ2v) is 4.39. The van der Waals surface area contributed by atoms with E-state index in [0.717, 1.165) is 6.42 Å². The highest BCUT2D eigenvalue weighted by Gasteiger charge is 2.25. The summed E-state index contributed by atoms with van der Waals surface area (Å²) in [6.45, 7) is 5.80. The van der Waals surface area contributed by atoms with E-state index in [1.807, 2.05) is 20.9 Å². The number of nitrogens with one attached hydrogen (secondary N) is 1. The third-order valence-electron chi connectivity index (χ3n) is 3.22. The molecule has 0 spiro atoms. The molecule has 0 aromatic rings. The Hall–Kier alpha value is -0.160. The summed E-state index contributed by atoms with van der Waals surface area (Å²) in [6, 6.07) is 0.479. The van der Waals surface area contributed by atoms with E-state index in [1.165, 1.54) is 19.3 Å². The first-order valence-electron chi connectivity index (χ1n) is 6.83. The molecule has 0 aliphatic heterocycles. The van der Waals surface area contributed by atoms with Crippen molar-refractivity contribution in [3.63, 3.8) is 0 Å². The lowest BCUT2D eigenvalue weighted by Gasteiger charge is -2.32. The minimum atomic E-state index is -0.218. The van der Waals surface area contributed by atoms with E-state index < -0.39 is 0 Å². The molecule has 0 aromatic heterocycles. The van der Waals surface area contributed by atoms with E-state index in [0.29, 0.717) is 32.0 Å². The van der Waals surface area contributed by atoms with Crippen LogP contribution in [0, 0.1) is 0 Å². The van der Waals surface area contributed by atoms with Crippen LogP contribution in [0.5, 0.6) is 0 Å². The van der Waals surface area contributed by atoms with Gasteiger partial charge in [-0.25, -0.2) is 0 Å². The average molecular weight is 245 g/mol. The highest BCUT2D eigenvalue weighted by molar-refractivity contribution is 4.80. The third-order valence-corrected chi connectivity index (χ3v) is 3.22. The van der Waals surface area contributed by atoms with Gasteiger partial charge >= 0.3 is 0 Å². The van der Waals surface area contributed by atoms with Crippen molar-refractivity contribution in [3.05, 3.63) is 0 Å². The fourth-order valence-corrected chi connectivity index (χ4v) is 2.34. The zero-order chi connectivity index (χ0) is 12.5. The summed E-state index contributed by atoms with van der Waals surface area (Å²) >= 11 is 0. The molecule has 0 heterocycles. The van der Waals surface area contributed by atoms with Gasteiger partial charge in [-0.2, -0.15) is 0 Å². The minimum Gasteiger partial charge on any atom is -0.371 e. The summed E-state index contributed by atoms with van der Waals surface area (Å²) in [5.41, 5.74) is 0. The lowest BCUT2D eigenvalue weighted by atomic mass is 9.92. The van der Waals surface area contributed by atoms with Gasteiger partial charge < -0.3 is 19.5 Å². The maximum atomic E-state index is 5.94. The Morgan fingerprint density at radius 3 is 2.35 bits per heavy atom. The zero-order valence-corrected chi connectivity index (χ0v) is 11.4. The molecule has 0 saturated heterocycles. The van der Waals surface area contributed by atoms with Crippen LogP contribution in [0.1, 0.15) is 39.5 Å². The maximum Gasteiger partial charge on any atom is 0.180 e. The van der Waals surface area contributed by atoms with Crippen molar-refractivity contribution in [2.24, 2.45) is 0 Å². The predicted octanol–water partition coefficient (Wildman–Crippen LogP) is 1.93. The van der Waals surface area contributed by atoms with Crippen LogP contribution in [0.15, 0.2) is 0 Å². The molecule has 2 atom stereocenters. The summed E-state index contributed by atoms with van der Waals surface area (Å²) in [4.78, 5) is 0. The number of rotatable bonds is 8. The summed E-state index contributed by atoms with van der Waals surface area (Å²) in [5.74, 6) is 0. The summed E-state index contributed by atoms with van der Waals surface area (Å²) in [6.07, 6.45) is 4.98. The fourth-order valence-electron chi connectivity index (χ4n) is 2.34. The molecule has 0 aromatic carbocycles. The lowest BCUT2D eigenvalue weighted by Crippen LogP contribution is -2.43. The van der Waals surface area contributed by atoms with Gasteiger partial charge in [0.15, 0.2) is 6.29 Å². The predicted molar refractivity (Wildman–Crippen MR) is 68.1 cm³/mol. The van der Waals surface area contributed by atoms with E-state index in [4.69, 9.17) is 14.2 Å². The van der Waals surface area contributed by atoms with Crippen LogP contribution < -0.4 is 5.32 Å². The first-order valence-corrected chi connectivity index (χ1v) is 6.83. The quantitative estimate of drug-likeness (QED) is 0.663. The van der Waals surface area contributed by atoms with Crippen LogP contribution in [-0.2, 0) is 14.2 Å². The van der Waals surface area contributed by atoms with Gasteiger partial charge in [0.1, 0.15) is 0 Å². The van der Waals surface area contributed by atoms with Crippen molar-refractivity contribution < 1.29 is 14.2 Å². The van der Waals surface area contributed by atoms with Gasteiger partial charge in [0.05, 0.1) is 12.7 Å². The molecule has 0 bridgehead atoms. The molecular weight excluding hydrogens is 218 g/mol. The average Bonchev–Trinajstić information content (AvgIpc) is 2.37. The third kappa shape index (κ3) is 5.34. The molecule has 1 aliphatic rings. The number of likely N-dealkylation sites (N-methyl/N-ethyl adjacent to an activating group) is 1. The minimum absolute atomic E-state index is 0.218. The van der Waals surface area contributed by atoms with Gasteiger partial charge in [-0.15, -0.1) is 0 Å². The van der Waals surface area contributed by atoms with Gasteiger partial charge in [0, 0.05) is 19.3 Å². The van der Waals surface area contributed by atoms with Crippen molar-refractivity contribution in [1.29, 1.82) is 0 Å². The molecule has 17 heavy (non-hydrogen) atoms. The van der Waals surface area contributed by atoms with E-state index in [1.54, 1.807) is 0 Å². The molecule has 1 saturated carbocycles. The van der Waals surface area contributed by atoms with E-state index in [9.17, 15) is 0 Å². The Bertz CT molecular complexity index is 184. The van der Waals surface area contributed by atoms with Crippen molar-refractivity contribution in [2.75, 3.05) is 26.9 Å². The molecular formula is C13H27NO3. The molecule has 1 fully saturated rings. The highest BCUT2D eigenvalue weighted by Crippen LogP contribution is 2.21. The van der Waals surface area contributed by atoms with Crippen LogP contribution in [0.3, 0.4) is 0 Å². The Morgan fingerprint density at radius 1 is 1.12 bits per heavy atom. The highest BCUT2D eigenvalue weighted by atomic mass is 16.7. The standard InChI is InChI=1S/C13H27NO3/c1-4-15-13(16-5-2)10-17-12-9-7-6-8-11(12)14-3/h11-14H,4-10H2,1-3H3. The number of hydrogen-bond donors (Lipinski definition) is 1. The molecule has 2 unspecified atom stereocenters. The molecule has 1 rings (SSSR count). The number of hydrogen-bond acceptors (Lipinski definition) is 4. The first-order chi connectivity index (χ1) is 8.31. The monoisotopic (exact) mass is 245 g/mol. The Labute approximate surface area is 105 Å². The van der Waals surface area contributed by atoms with E-state index in [-0.39, 0.29) is 6.29 Å². The zero-order valence-electron chi connectivity index (χ0n) is 11.4. The second-order valence-electron chi connectivity index (χ2n) is 4.39. The van der Waals surface area contributed by atoms with Crippen molar-refractivity contribution in [2.45, 2.75) is 58.0 Å². The SMILES string of the molecule is CCOC(COC1CCCCC1NC)OCC. The molecule has 0 radical (unpaired) electrons. The van der Waals surface area contributed by atoms with Crippen LogP contribution >= 0.6 is 0 Å². The molecule has 4 heteroatoms. The van der Waals surface area contributed by atoms with E-state index >= 15 is 0 Å². The normalized spacial score (nSPS) is 25.4. The van der Waals surface area contributed by atoms with E-state index in [2.05, 4.69) is 5.32 Å². The first kappa shape index (κ1) is 14.9. The smallest absolute Gasteiger partial charge is 0.180 e. The van der Waals surface area contributed by atoms with Gasteiger partial charge in [-0.1, -0.05) is 12.8 Å². The van der Waals surface area contributed by atoms with Crippen LogP contribution in [0.2, 0.25) is 0 Å².